The first-order valence-corrected chi connectivity index (χ1v) is 7.38. The highest BCUT2D eigenvalue weighted by Crippen LogP contribution is 2.16. The summed E-state index contributed by atoms with van der Waals surface area (Å²) in [6.07, 6.45) is 2.92. The quantitative estimate of drug-likeness (QED) is 0.900. The second kappa shape index (κ2) is 6.41. The first-order chi connectivity index (χ1) is 8.69. The number of hydrogen-bond donors (Lipinski definition) is 1. The first kappa shape index (κ1) is 13.6. The van der Waals surface area contributed by atoms with Crippen molar-refractivity contribution in [3.05, 3.63) is 50.1 Å². The summed E-state index contributed by atoms with van der Waals surface area (Å²) in [5.41, 5.74) is 0.672. The van der Waals surface area contributed by atoms with Crippen molar-refractivity contribution < 1.29 is 4.39 Å². The monoisotopic (exact) mass is 328 g/mol. The number of nitrogens with one attached hydrogen (secondary N) is 1. The summed E-state index contributed by atoms with van der Waals surface area (Å²) in [5, 5.41) is 4.25. The van der Waals surface area contributed by atoms with Crippen LogP contribution < -0.4 is 5.32 Å². The maximum Gasteiger partial charge on any atom is 0.128 e. The van der Waals surface area contributed by atoms with Gasteiger partial charge in [0.15, 0.2) is 0 Å². The topological polar surface area (TPSA) is 24.9 Å². The number of halogens is 2. The fourth-order valence-corrected chi connectivity index (χ4v) is 2.73. The fourth-order valence-electron chi connectivity index (χ4n) is 1.56. The molecule has 0 unspecified atom stereocenters. The van der Waals surface area contributed by atoms with Crippen molar-refractivity contribution in [3.63, 3.8) is 0 Å². The molecule has 0 saturated heterocycles. The summed E-state index contributed by atoms with van der Waals surface area (Å²) >= 11 is 4.94. The molecule has 0 aliphatic carbocycles. The normalized spacial score (nSPS) is 10.8. The van der Waals surface area contributed by atoms with E-state index in [1.807, 2.05) is 12.3 Å². The molecular formula is C13H14BrFN2S. The molecule has 0 bridgehead atoms. The van der Waals surface area contributed by atoms with E-state index in [-0.39, 0.29) is 5.82 Å². The number of rotatable bonds is 5. The third-order valence-corrected chi connectivity index (χ3v) is 4.19. The van der Waals surface area contributed by atoms with Crippen LogP contribution in [0.3, 0.4) is 0 Å². The number of nitrogens with zero attached hydrogens (tertiary/aromatic N) is 1. The van der Waals surface area contributed by atoms with E-state index in [1.54, 1.807) is 17.4 Å². The van der Waals surface area contributed by atoms with Gasteiger partial charge in [-0.15, -0.1) is 11.3 Å². The lowest BCUT2D eigenvalue weighted by Gasteiger charge is -2.04. The Morgan fingerprint density at radius 1 is 1.39 bits per heavy atom. The molecule has 1 N–H and O–H groups in total. The van der Waals surface area contributed by atoms with Crippen molar-refractivity contribution >= 4 is 27.3 Å². The highest BCUT2D eigenvalue weighted by atomic mass is 79.9. The van der Waals surface area contributed by atoms with E-state index >= 15 is 0 Å². The Balaban J connectivity index is 1.88. The van der Waals surface area contributed by atoms with Gasteiger partial charge in [-0.3, -0.25) is 0 Å². The van der Waals surface area contributed by atoms with Crippen molar-refractivity contribution in [1.29, 1.82) is 0 Å². The van der Waals surface area contributed by atoms with Crippen molar-refractivity contribution in [3.8, 4) is 0 Å². The number of aromatic nitrogens is 1. The van der Waals surface area contributed by atoms with Crippen LogP contribution in [-0.2, 0) is 19.5 Å². The molecule has 0 atom stereocenters. The SMILES string of the molecule is CCc1cnc(CNCc2ccc(Br)cc2F)s1. The summed E-state index contributed by atoms with van der Waals surface area (Å²) < 4.78 is 14.3. The predicted octanol–water partition coefficient (Wildman–Crippen LogP) is 3.90. The van der Waals surface area contributed by atoms with E-state index in [0.717, 1.165) is 15.9 Å². The van der Waals surface area contributed by atoms with Gasteiger partial charge >= 0.3 is 0 Å². The molecule has 0 fully saturated rings. The minimum Gasteiger partial charge on any atom is -0.306 e. The van der Waals surface area contributed by atoms with E-state index in [2.05, 4.69) is 33.2 Å². The molecule has 0 saturated carbocycles. The van der Waals surface area contributed by atoms with Gasteiger partial charge < -0.3 is 5.32 Å². The smallest absolute Gasteiger partial charge is 0.128 e. The highest BCUT2D eigenvalue weighted by molar-refractivity contribution is 9.10. The molecule has 5 heteroatoms. The molecule has 96 valence electrons. The van der Waals surface area contributed by atoms with Gasteiger partial charge in [-0.2, -0.15) is 0 Å². The third-order valence-electron chi connectivity index (χ3n) is 2.56. The van der Waals surface area contributed by atoms with Crippen molar-refractivity contribution in [2.45, 2.75) is 26.4 Å². The van der Waals surface area contributed by atoms with Crippen LogP contribution in [-0.4, -0.2) is 4.98 Å². The fraction of sp³-hybridized carbons (Fsp3) is 0.308. The zero-order valence-electron chi connectivity index (χ0n) is 10.0. The zero-order valence-corrected chi connectivity index (χ0v) is 12.4. The zero-order chi connectivity index (χ0) is 13.0. The molecule has 1 aromatic heterocycles. The van der Waals surface area contributed by atoms with E-state index in [0.29, 0.717) is 18.7 Å². The van der Waals surface area contributed by atoms with Gasteiger partial charge in [0.1, 0.15) is 10.8 Å². The average molecular weight is 329 g/mol. The molecule has 0 radical (unpaired) electrons. The second-order valence-electron chi connectivity index (χ2n) is 3.91. The molecule has 0 aliphatic rings. The predicted molar refractivity (Wildman–Crippen MR) is 76.1 cm³/mol. The van der Waals surface area contributed by atoms with Crippen LogP contribution >= 0.6 is 27.3 Å². The minimum atomic E-state index is -0.190. The van der Waals surface area contributed by atoms with Crippen molar-refractivity contribution in [2.24, 2.45) is 0 Å². The lowest BCUT2D eigenvalue weighted by molar-refractivity contribution is 0.587. The molecule has 0 amide bonds. The molecule has 2 rings (SSSR count). The molecule has 2 aromatic rings. The molecule has 1 aromatic carbocycles. The van der Waals surface area contributed by atoms with Crippen LogP contribution in [0.25, 0.3) is 0 Å². The molecular weight excluding hydrogens is 315 g/mol. The van der Waals surface area contributed by atoms with Gasteiger partial charge in [0, 0.05) is 34.2 Å². The van der Waals surface area contributed by atoms with Gasteiger partial charge in [-0.25, -0.2) is 9.37 Å². The highest BCUT2D eigenvalue weighted by Gasteiger charge is 2.04. The summed E-state index contributed by atoms with van der Waals surface area (Å²) in [5.74, 6) is -0.190. The van der Waals surface area contributed by atoms with E-state index in [4.69, 9.17) is 0 Å². The molecule has 0 spiro atoms. The van der Waals surface area contributed by atoms with Gasteiger partial charge in [-0.1, -0.05) is 28.9 Å². The van der Waals surface area contributed by atoms with Crippen LogP contribution in [0.4, 0.5) is 4.39 Å². The lowest BCUT2D eigenvalue weighted by Crippen LogP contribution is -2.13. The second-order valence-corrected chi connectivity index (χ2v) is 6.03. The van der Waals surface area contributed by atoms with Crippen LogP contribution in [0.15, 0.2) is 28.9 Å². The number of benzene rings is 1. The first-order valence-electron chi connectivity index (χ1n) is 5.77. The van der Waals surface area contributed by atoms with Crippen molar-refractivity contribution in [2.75, 3.05) is 0 Å². The largest absolute Gasteiger partial charge is 0.306 e. The van der Waals surface area contributed by atoms with E-state index < -0.39 is 0 Å². The number of hydrogen-bond acceptors (Lipinski definition) is 3. The Bertz CT molecular complexity index is 527. The minimum absolute atomic E-state index is 0.190. The van der Waals surface area contributed by atoms with Crippen LogP contribution in [0, 0.1) is 5.82 Å². The molecule has 2 nitrogen and oxygen atoms in total. The van der Waals surface area contributed by atoms with Gasteiger partial charge in [0.25, 0.3) is 0 Å². The van der Waals surface area contributed by atoms with Crippen LogP contribution in [0.1, 0.15) is 22.4 Å². The van der Waals surface area contributed by atoms with E-state index in [9.17, 15) is 4.39 Å². The van der Waals surface area contributed by atoms with Gasteiger partial charge in [-0.05, 0) is 18.6 Å². The standard InChI is InChI=1S/C13H14BrFN2S/c1-2-11-7-17-13(18-11)8-16-6-9-3-4-10(14)5-12(9)15/h3-5,7,16H,2,6,8H2,1H3. The summed E-state index contributed by atoms with van der Waals surface area (Å²) in [7, 11) is 0. The van der Waals surface area contributed by atoms with Crippen LogP contribution in [0.5, 0.6) is 0 Å². The Morgan fingerprint density at radius 2 is 2.22 bits per heavy atom. The van der Waals surface area contributed by atoms with Crippen LogP contribution in [0.2, 0.25) is 0 Å². The molecule has 0 aliphatic heterocycles. The maximum atomic E-state index is 13.6. The Kier molecular flexibility index (Phi) is 4.86. The Hall–Kier alpha value is -0.780. The summed E-state index contributed by atoms with van der Waals surface area (Å²) in [6, 6.07) is 5.11. The molecule has 18 heavy (non-hydrogen) atoms. The lowest BCUT2D eigenvalue weighted by atomic mass is 10.2. The summed E-state index contributed by atoms with van der Waals surface area (Å²) in [6.45, 7) is 3.31. The number of thiazole rings is 1. The number of aryl methyl sites for hydroxylation is 1. The maximum absolute atomic E-state index is 13.6. The van der Waals surface area contributed by atoms with Gasteiger partial charge in [0.2, 0.25) is 0 Å². The summed E-state index contributed by atoms with van der Waals surface area (Å²) in [4.78, 5) is 5.59. The third kappa shape index (κ3) is 3.60. The Labute approximate surface area is 118 Å². The van der Waals surface area contributed by atoms with Gasteiger partial charge in [0.05, 0.1) is 0 Å². The van der Waals surface area contributed by atoms with Crippen molar-refractivity contribution in [1.82, 2.24) is 10.3 Å². The Morgan fingerprint density at radius 3 is 2.89 bits per heavy atom. The average Bonchev–Trinajstić information content (AvgIpc) is 2.80. The van der Waals surface area contributed by atoms with E-state index in [1.165, 1.54) is 10.9 Å². The molecule has 1 heterocycles.